The summed E-state index contributed by atoms with van der Waals surface area (Å²) >= 11 is 3.23. The number of nitrogens with one attached hydrogen (secondary N) is 1. The van der Waals surface area contributed by atoms with Gasteiger partial charge < -0.3 is 5.32 Å². The second-order valence-corrected chi connectivity index (χ2v) is 5.53. The van der Waals surface area contributed by atoms with Gasteiger partial charge in [0.15, 0.2) is 0 Å². The fraction of sp³-hybridized carbons (Fsp3) is 0.400. The van der Waals surface area contributed by atoms with E-state index in [1.807, 2.05) is 18.3 Å². The fourth-order valence-electron chi connectivity index (χ4n) is 1.30. The van der Waals surface area contributed by atoms with Gasteiger partial charge in [-0.3, -0.25) is 0 Å². The van der Waals surface area contributed by atoms with E-state index in [1.165, 1.54) is 21.3 Å². The Balaban J connectivity index is 2.06. The Labute approximate surface area is 97.4 Å². The van der Waals surface area contributed by atoms with E-state index < -0.39 is 0 Å². The van der Waals surface area contributed by atoms with Gasteiger partial charge in [0.1, 0.15) is 5.82 Å². The van der Waals surface area contributed by atoms with Gasteiger partial charge in [0, 0.05) is 21.3 Å². The number of hydrogen-bond acceptors (Lipinski definition) is 5. The van der Waals surface area contributed by atoms with Crippen molar-refractivity contribution in [2.75, 3.05) is 5.32 Å². The molecule has 15 heavy (non-hydrogen) atoms. The molecule has 0 aromatic carbocycles. The first-order valence-electron chi connectivity index (χ1n) is 4.78. The highest BCUT2D eigenvalue weighted by molar-refractivity contribution is 7.12. The molecule has 1 unspecified atom stereocenters. The summed E-state index contributed by atoms with van der Waals surface area (Å²) in [6, 6.07) is 4.60. The fourth-order valence-corrected chi connectivity index (χ4v) is 2.84. The summed E-state index contributed by atoms with van der Waals surface area (Å²) in [6.07, 6.45) is 0. The summed E-state index contributed by atoms with van der Waals surface area (Å²) in [4.78, 5) is 6.96. The molecule has 0 amide bonds. The molecule has 1 atom stereocenters. The van der Waals surface area contributed by atoms with Crippen LogP contribution in [0.2, 0.25) is 0 Å². The lowest BCUT2D eigenvalue weighted by Gasteiger charge is -2.09. The van der Waals surface area contributed by atoms with Gasteiger partial charge in [-0.05, 0) is 32.9 Å². The predicted octanol–water partition coefficient (Wildman–Crippen LogP) is 3.39. The van der Waals surface area contributed by atoms with E-state index in [9.17, 15) is 0 Å². The number of aryl methyl sites for hydroxylation is 2. The maximum atomic E-state index is 4.28. The molecular formula is C10H13N3S2. The number of aromatic nitrogens is 2. The van der Waals surface area contributed by atoms with Gasteiger partial charge in [-0.25, -0.2) is 4.98 Å². The molecule has 0 aliphatic heterocycles. The normalized spacial score (nSPS) is 12.7. The first kappa shape index (κ1) is 10.6. The number of anilines is 1. The smallest absolute Gasteiger partial charge is 0.203 e. The zero-order chi connectivity index (χ0) is 10.8. The van der Waals surface area contributed by atoms with Crippen molar-refractivity contribution in [1.82, 2.24) is 9.36 Å². The summed E-state index contributed by atoms with van der Waals surface area (Å²) in [5.41, 5.74) is 0. The molecule has 5 heteroatoms. The van der Waals surface area contributed by atoms with Crippen LogP contribution >= 0.6 is 22.9 Å². The van der Waals surface area contributed by atoms with Crippen molar-refractivity contribution in [3.05, 3.63) is 27.7 Å². The van der Waals surface area contributed by atoms with E-state index in [0.717, 1.165) is 11.0 Å². The highest BCUT2D eigenvalue weighted by Gasteiger charge is 2.09. The van der Waals surface area contributed by atoms with Crippen LogP contribution in [-0.2, 0) is 0 Å². The van der Waals surface area contributed by atoms with E-state index in [1.54, 1.807) is 0 Å². The van der Waals surface area contributed by atoms with Gasteiger partial charge in [-0.2, -0.15) is 4.37 Å². The standard InChI is InChI=1S/C10H13N3S2/c1-6-4-5-9(14-6)7(2)11-10-12-8(3)13-15-10/h4-5,7H,1-3H3,(H,11,12,13). The Kier molecular flexibility index (Phi) is 3.02. The van der Waals surface area contributed by atoms with Crippen LogP contribution in [0.15, 0.2) is 12.1 Å². The molecule has 0 radical (unpaired) electrons. The molecule has 2 aromatic rings. The average molecular weight is 239 g/mol. The molecular weight excluding hydrogens is 226 g/mol. The first-order chi connectivity index (χ1) is 7.15. The molecule has 0 fully saturated rings. The largest absolute Gasteiger partial charge is 0.353 e. The Morgan fingerprint density at radius 2 is 2.13 bits per heavy atom. The Morgan fingerprint density at radius 3 is 2.67 bits per heavy atom. The molecule has 0 spiro atoms. The topological polar surface area (TPSA) is 37.8 Å². The van der Waals surface area contributed by atoms with Crippen molar-refractivity contribution >= 4 is 28.0 Å². The minimum atomic E-state index is 0.302. The summed E-state index contributed by atoms with van der Waals surface area (Å²) in [5, 5.41) is 4.24. The van der Waals surface area contributed by atoms with Crippen LogP contribution in [0.5, 0.6) is 0 Å². The summed E-state index contributed by atoms with van der Waals surface area (Å²) in [5.74, 6) is 0.831. The molecule has 0 aliphatic rings. The zero-order valence-electron chi connectivity index (χ0n) is 8.94. The molecule has 0 saturated heterocycles. The molecule has 80 valence electrons. The van der Waals surface area contributed by atoms with Crippen molar-refractivity contribution in [2.24, 2.45) is 0 Å². The number of hydrogen-bond donors (Lipinski definition) is 1. The van der Waals surface area contributed by atoms with Gasteiger partial charge in [-0.15, -0.1) is 11.3 Å². The van der Waals surface area contributed by atoms with Crippen LogP contribution in [0.4, 0.5) is 5.13 Å². The van der Waals surface area contributed by atoms with E-state index >= 15 is 0 Å². The van der Waals surface area contributed by atoms with Gasteiger partial charge in [0.2, 0.25) is 5.13 Å². The van der Waals surface area contributed by atoms with Crippen LogP contribution in [0.25, 0.3) is 0 Å². The lowest BCUT2D eigenvalue weighted by atomic mass is 10.3. The van der Waals surface area contributed by atoms with E-state index in [-0.39, 0.29) is 0 Å². The van der Waals surface area contributed by atoms with Crippen molar-refractivity contribution in [1.29, 1.82) is 0 Å². The second kappa shape index (κ2) is 4.28. The second-order valence-electron chi connectivity index (χ2n) is 3.46. The van der Waals surface area contributed by atoms with Crippen LogP contribution < -0.4 is 5.32 Å². The minimum absolute atomic E-state index is 0.302. The number of thiophene rings is 1. The van der Waals surface area contributed by atoms with Crippen molar-refractivity contribution < 1.29 is 0 Å². The lowest BCUT2D eigenvalue weighted by Crippen LogP contribution is -2.04. The molecule has 2 rings (SSSR count). The van der Waals surface area contributed by atoms with Gasteiger partial charge in [0.25, 0.3) is 0 Å². The molecule has 0 aliphatic carbocycles. The highest BCUT2D eigenvalue weighted by atomic mass is 32.1. The summed E-state index contributed by atoms with van der Waals surface area (Å²) in [7, 11) is 0. The van der Waals surface area contributed by atoms with Crippen LogP contribution in [0.3, 0.4) is 0 Å². The lowest BCUT2D eigenvalue weighted by molar-refractivity contribution is 0.902. The Bertz CT molecular complexity index is 447. The number of nitrogens with zero attached hydrogens (tertiary/aromatic N) is 2. The highest BCUT2D eigenvalue weighted by Crippen LogP contribution is 2.26. The number of rotatable bonds is 3. The monoisotopic (exact) mass is 239 g/mol. The van der Waals surface area contributed by atoms with Crippen LogP contribution in [-0.4, -0.2) is 9.36 Å². The van der Waals surface area contributed by atoms with Gasteiger partial charge in [-0.1, -0.05) is 0 Å². The summed E-state index contributed by atoms with van der Waals surface area (Å²) in [6.45, 7) is 6.17. The van der Waals surface area contributed by atoms with Crippen LogP contribution in [0.1, 0.15) is 28.5 Å². The van der Waals surface area contributed by atoms with E-state index in [4.69, 9.17) is 0 Å². The summed E-state index contributed by atoms with van der Waals surface area (Å²) < 4.78 is 4.14. The van der Waals surface area contributed by atoms with Crippen LogP contribution in [0, 0.1) is 13.8 Å². The Morgan fingerprint density at radius 1 is 1.33 bits per heavy atom. The molecule has 0 saturated carbocycles. The third-order valence-electron chi connectivity index (χ3n) is 2.06. The zero-order valence-corrected chi connectivity index (χ0v) is 10.6. The molecule has 0 bridgehead atoms. The first-order valence-corrected chi connectivity index (χ1v) is 6.37. The Hall–Kier alpha value is -0.940. The third kappa shape index (κ3) is 2.54. The maximum absolute atomic E-state index is 4.28. The maximum Gasteiger partial charge on any atom is 0.203 e. The molecule has 2 heterocycles. The quantitative estimate of drug-likeness (QED) is 0.892. The van der Waals surface area contributed by atoms with Crippen molar-refractivity contribution in [3.63, 3.8) is 0 Å². The minimum Gasteiger partial charge on any atom is -0.353 e. The SMILES string of the molecule is Cc1nsc(NC(C)c2ccc(C)s2)n1. The van der Waals surface area contributed by atoms with Gasteiger partial charge in [0.05, 0.1) is 6.04 Å². The van der Waals surface area contributed by atoms with E-state index in [2.05, 4.69) is 40.7 Å². The molecule has 1 N–H and O–H groups in total. The third-order valence-corrected chi connectivity index (χ3v) is 3.98. The van der Waals surface area contributed by atoms with E-state index in [0.29, 0.717) is 6.04 Å². The average Bonchev–Trinajstić information content (AvgIpc) is 2.75. The predicted molar refractivity (Wildman–Crippen MR) is 65.7 cm³/mol. The molecule has 2 aromatic heterocycles. The van der Waals surface area contributed by atoms with Crippen molar-refractivity contribution in [3.8, 4) is 0 Å². The van der Waals surface area contributed by atoms with Crippen molar-refractivity contribution in [2.45, 2.75) is 26.8 Å². The van der Waals surface area contributed by atoms with Gasteiger partial charge >= 0.3 is 0 Å². The molecule has 3 nitrogen and oxygen atoms in total.